The molecule has 1 aliphatic heterocycles. The van der Waals surface area contributed by atoms with Crippen molar-refractivity contribution in [2.75, 3.05) is 6.61 Å². The van der Waals surface area contributed by atoms with Gasteiger partial charge in [0.05, 0.1) is 0 Å². The maximum Gasteiger partial charge on any atom is 0.261 e. The van der Waals surface area contributed by atoms with Crippen LogP contribution in [0.4, 0.5) is 0 Å². The van der Waals surface area contributed by atoms with Gasteiger partial charge in [0.25, 0.3) is 8.32 Å². The summed E-state index contributed by atoms with van der Waals surface area (Å²) in [4.78, 5) is 12.3. The van der Waals surface area contributed by atoms with E-state index < -0.39 is 8.32 Å². The Hall–Kier alpha value is -2.69. The van der Waals surface area contributed by atoms with Crippen LogP contribution in [0.15, 0.2) is 91.0 Å². The molecule has 1 fully saturated rings. The second kappa shape index (κ2) is 10.1. The van der Waals surface area contributed by atoms with Gasteiger partial charge in [-0.2, -0.15) is 0 Å². The number of benzene rings is 3. The largest absolute Gasteiger partial charge is 0.407 e. The maximum absolute atomic E-state index is 12.3. The highest BCUT2D eigenvalue weighted by Gasteiger charge is 2.50. The van der Waals surface area contributed by atoms with E-state index >= 15 is 0 Å². The van der Waals surface area contributed by atoms with Crippen LogP contribution in [0.2, 0.25) is 5.04 Å². The van der Waals surface area contributed by atoms with E-state index in [0.717, 1.165) is 12.8 Å². The molecule has 0 spiro atoms. The quantitative estimate of drug-likeness (QED) is 0.506. The van der Waals surface area contributed by atoms with Crippen LogP contribution >= 0.6 is 0 Å². The first-order valence-corrected chi connectivity index (χ1v) is 13.9. The molecule has 0 unspecified atom stereocenters. The molecule has 1 aliphatic rings. The van der Waals surface area contributed by atoms with Gasteiger partial charge in [-0.15, -0.1) is 0 Å². The predicted molar refractivity (Wildman–Crippen MR) is 139 cm³/mol. The third-order valence-corrected chi connectivity index (χ3v) is 11.9. The third kappa shape index (κ3) is 4.97. The van der Waals surface area contributed by atoms with E-state index in [4.69, 9.17) is 4.43 Å². The van der Waals surface area contributed by atoms with E-state index in [2.05, 4.69) is 111 Å². The molecule has 1 saturated heterocycles. The summed E-state index contributed by atoms with van der Waals surface area (Å²) < 4.78 is 7.26. The van der Waals surface area contributed by atoms with Gasteiger partial charge in [-0.3, -0.25) is 4.79 Å². The number of nitrogens with one attached hydrogen (secondary N) is 1. The minimum absolute atomic E-state index is 0.0766. The first kappa shape index (κ1) is 23.5. The lowest BCUT2D eigenvalue weighted by Crippen LogP contribution is -2.67. The molecule has 33 heavy (non-hydrogen) atoms. The Bertz CT molecular complexity index is 992. The summed E-state index contributed by atoms with van der Waals surface area (Å²) in [7, 11) is -2.64. The van der Waals surface area contributed by atoms with Crippen LogP contribution in [0.25, 0.3) is 0 Å². The van der Waals surface area contributed by atoms with Crippen molar-refractivity contribution in [3.05, 3.63) is 96.6 Å². The van der Waals surface area contributed by atoms with Crippen molar-refractivity contribution in [1.82, 2.24) is 5.32 Å². The summed E-state index contributed by atoms with van der Waals surface area (Å²) in [5.41, 5.74) is 1.22. The van der Waals surface area contributed by atoms with Crippen molar-refractivity contribution in [1.29, 1.82) is 0 Å². The molecule has 172 valence electrons. The van der Waals surface area contributed by atoms with Gasteiger partial charge in [-0.1, -0.05) is 112 Å². The molecule has 4 heteroatoms. The van der Waals surface area contributed by atoms with E-state index in [1.165, 1.54) is 15.9 Å². The molecule has 1 amide bonds. The van der Waals surface area contributed by atoms with Crippen LogP contribution in [-0.4, -0.2) is 26.9 Å². The van der Waals surface area contributed by atoms with Gasteiger partial charge in [-0.05, 0) is 33.8 Å². The first-order valence-electron chi connectivity index (χ1n) is 12.0. The lowest BCUT2D eigenvalue weighted by Gasteiger charge is -2.44. The third-order valence-electron chi connectivity index (χ3n) is 6.87. The highest BCUT2D eigenvalue weighted by atomic mass is 28.4. The summed E-state index contributed by atoms with van der Waals surface area (Å²) in [5.74, 6) is 0.259. The summed E-state index contributed by atoms with van der Waals surface area (Å²) in [6.45, 7) is 7.49. The summed E-state index contributed by atoms with van der Waals surface area (Å²) in [5, 5.41) is 5.75. The highest BCUT2D eigenvalue weighted by molar-refractivity contribution is 6.99. The molecule has 0 bridgehead atoms. The molecular formula is C29H35NO2Si. The maximum atomic E-state index is 12.3. The zero-order valence-corrected chi connectivity index (χ0v) is 21.0. The number of hydrogen-bond acceptors (Lipinski definition) is 2. The fourth-order valence-corrected chi connectivity index (χ4v) is 9.84. The van der Waals surface area contributed by atoms with Gasteiger partial charge in [0.15, 0.2) is 0 Å². The molecular weight excluding hydrogens is 422 g/mol. The van der Waals surface area contributed by atoms with E-state index in [-0.39, 0.29) is 22.9 Å². The second-order valence-electron chi connectivity index (χ2n) is 10.1. The molecule has 3 nitrogen and oxygen atoms in total. The Balaban J connectivity index is 1.77. The normalized spacial score (nSPS) is 17.9. The number of hydrogen-bond donors (Lipinski definition) is 1. The minimum Gasteiger partial charge on any atom is -0.407 e. The first-order chi connectivity index (χ1) is 15.9. The van der Waals surface area contributed by atoms with Gasteiger partial charge in [-0.25, -0.2) is 0 Å². The Morgan fingerprint density at radius 1 is 0.879 bits per heavy atom. The van der Waals surface area contributed by atoms with Crippen LogP contribution in [-0.2, 0) is 9.22 Å². The van der Waals surface area contributed by atoms with Crippen molar-refractivity contribution in [3.8, 4) is 0 Å². The summed E-state index contributed by atoms with van der Waals surface area (Å²) in [6, 6.07) is 32.1. The molecule has 1 N–H and O–H groups in total. The molecule has 2 atom stereocenters. The lowest BCUT2D eigenvalue weighted by molar-refractivity contribution is -0.123. The zero-order chi connectivity index (χ0) is 23.3. The number of amides is 1. The van der Waals surface area contributed by atoms with Crippen molar-refractivity contribution in [2.24, 2.45) is 0 Å². The SMILES string of the molecule is CC(C)(C)[Si](OC[C@H](c1ccccc1)[C@H]1CCCC(=O)N1)(c1ccccc1)c1ccccc1. The molecule has 3 aromatic rings. The van der Waals surface area contributed by atoms with Crippen LogP contribution in [0.5, 0.6) is 0 Å². The predicted octanol–water partition coefficient (Wildman–Crippen LogP) is 5.02. The van der Waals surface area contributed by atoms with Crippen LogP contribution < -0.4 is 15.7 Å². The van der Waals surface area contributed by atoms with Crippen molar-refractivity contribution >= 4 is 24.6 Å². The van der Waals surface area contributed by atoms with Crippen LogP contribution in [0, 0.1) is 0 Å². The fourth-order valence-electron chi connectivity index (χ4n) is 5.26. The topological polar surface area (TPSA) is 38.3 Å². The number of piperidine rings is 1. The van der Waals surface area contributed by atoms with Crippen LogP contribution in [0.3, 0.4) is 0 Å². The Morgan fingerprint density at radius 2 is 1.39 bits per heavy atom. The Labute approximate surface area is 199 Å². The van der Waals surface area contributed by atoms with Gasteiger partial charge < -0.3 is 9.74 Å². The van der Waals surface area contributed by atoms with E-state index in [1.54, 1.807) is 0 Å². The van der Waals surface area contributed by atoms with Crippen molar-refractivity contribution in [3.63, 3.8) is 0 Å². The summed E-state index contributed by atoms with van der Waals surface area (Å²) >= 11 is 0. The average Bonchev–Trinajstić information content (AvgIpc) is 2.83. The standard InChI is InChI=1S/C29H35NO2Si/c1-29(2,3)33(24-16-9-5-10-17-24,25-18-11-6-12-19-25)32-22-26(23-14-7-4-8-15-23)27-20-13-21-28(31)30-27/h4-12,14-19,26-27H,13,20-22H2,1-3H3,(H,30,31)/t26-,27-/m1/s1. The number of carbonyl (C=O) groups excluding carboxylic acids is 1. The minimum atomic E-state index is -2.64. The Kier molecular flexibility index (Phi) is 7.16. The van der Waals surface area contributed by atoms with Crippen LogP contribution in [0.1, 0.15) is 51.5 Å². The van der Waals surface area contributed by atoms with Gasteiger partial charge in [0.1, 0.15) is 0 Å². The molecule has 0 aromatic heterocycles. The van der Waals surface area contributed by atoms with E-state index in [1.807, 2.05) is 6.07 Å². The van der Waals surface area contributed by atoms with Crippen molar-refractivity contribution in [2.45, 2.75) is 57.0 Å². The average molecular weight is 458 g/mol. The number of rotatable bonds is 7. The fraction of sp³-hybridized carbons (Fsp3) is 0.345. The molecule has 4 rings (SSSR count). The zero-order valence-electron chi connectivity index (χ0n) is 20.0. The smallest absolute Gasteiger partial charge is 0.261 e. The van der Waals surface area contributed by atoms with Crippen molar-refractivity contribution < 1.29 is 9.22 Å². The molecule has 0 aliphatic carbocycles. The summed E-state index contributed by atoms with van der Waals surface area (Å²) in [6.07, 6.45) is 2.53. The lowest BCUT2D eigenvalue weighted by atomic mass is 9.87. The molecule has 1 heterocycles. The van der Waals surface area contributed by atoms with Gasteiger partial charge in [0.2, 0.25) is 5.91 Å². The monoisotopic (exact) mass is 457 g/mol. The second-order valence-corrected chi connectivity index (χ2v) is 14.4. The molecule has 0 saturated carbocycles. The Morgan fingerprint density at radius 3 is 1.88 bits per heavy atom. The van der Waals surface area contributed by atoms with E-state index in [0.29, 0.717) is 13.0 Å². The van der Waals surface area contributed by atoms with Gasteiger partial charge >= 0.3 is 0 Å². The van der Waals surface area contributed by atoms with Gasteiger partial charge in [0, 0.05) is 25.0 Å². The number of carbonyl (C=O) groups is 1. The van der Waals surface area contributed by atoms with E-state index in [9.17, 15) is 4.79 Å². The molecule has 0 radical (unpaired) electrons. The highest BCUT2D eigenvalue weighted by Crippen LogP contribution is 2.38. The molecule has 3 aromatic carbocycles.